The van der Waals surface area contributed by atoms with Gasteiger partial charge in [-0.1, -0.05) is 23.4 Å². The average Bonchev–Trinajstić information content (AvgIpc) is 2.58. The lowest BCUT2D eigenvalue weighted by atomic mass is 10.1. The molecule has 0 radical (unpaired) electrons. The maximum absolute atomic E-state index is 13.6. The van der Waals surface area contributed by atoms with Gasteiger partial charge in [-0.25, -0.2) is 8.78 Å². The second-order valence-electron chi connectivity index (χ2n) is 4.81. The Hall–Kier alpha value is -2.96. The summed E-state index contributed by atoms with van der Waals surface area (Å²) in [4.78, 5) is 17.8. The zero-order chi connectivity index (χ0) is 17.5. The first-order valence-electron chi connectivity index (χ1n) is 7.03. The molecule has 0 saturated heterocycles. The summed E-state index contributed by atoms with van der Waals surface area (Å²) in [5.41, 5.74) is 1.23. The summed E-state index contributed by atoms with van der Waals surface area (Å²) >= 11 is 0. The van der Waals surface area contributed by atoms with Gasteiger partial charge >= 0.3 is 0 Å². The van der Waals surface area contributed by atoms with E-state index < -0.39 is 17.5 Å². The molecule has 7 heteroatoms. The van der Waals surface area contributed by atoms with Gasteiger partial charge in [0.15, 0.2) is 11.6 Å². The second kappa shape index (κ2) is 8.05. The van der Waals surface area contributed by atoms with Crippen molar-refractivity contribution in [1.29, 1.82) is 0 Å². The monoisotopic (exact) mass is 334 g/mol. The van der Waals surface area contributed by atoms with Crippen molar-refractivity contribution in [2.24, 2.45) is 5.16 Å². The van der Waals surface area contributed by atoms with E-state index in [-0.39, 0.29) is 12.4 Å². The summed E-state index contributed by atoms with van der Waals surface area (Å²) in [6.07, 6.45) is 1.04. The molecule has 0 saturated carbocycles. The number of carbonyl (C=O) groups excluding carboxylic acids is 1. The Bertz CT molecular complexity index is 750. The van der Waals surface area contributed by atoms with Crippen molar-refractivity contribution < 1.29 is 23.1 Å². The smallest absolute Gasteiger partial charge is 0.272 e. The summed E-state index contributed by atoms with van der Waals surface area (Å²) in [5, 5.41) is 3.43. The van der Waals surface area contributed by atoms with Crippen LogP contribution in [0, 0.1) is 11.6 Å². The molecule has 0 aliphatic heterocycles. The molecule has 24 heavy (non-hydrogen) atoms. The lowest BCUT2D eigenvalue weighted by molar-refractivity contribution is -0.112. The zero-order valence-electron chi connectivity index (χ0n) is 13.2. The minimum Gasteiger partial charge on any atom is -0.486 e. The summed E-state index contributed by atoms with van der Waals surface area (Å²) in [6.45, 7) is 0.0117. The number of amides is 1. The van der Waals surface area contributed by atoms with E-state index in [0.717, 1.165) is 18.3 Å². The maximum Gasteiger partial charge on any atom is 0.272 e. The first kappa shape index (κ1) is 17.4. The molecule has 0 aliphatic carbocycles. The first-order valence-corrected chi connectivity index (χ1v) is 7.03. The van der Waals surface area contributed by atoms with Crippen LogP contribution in [0.5, 0.6) is 5.75 Å². The summed E-state index contributed by atoms with van der Waals surface area (Å²) in [6, 6.07) is 10.1. The summed E-state index contributed by atoms with van der Waals surface area (Å²) in [5.74, 6) is -1.93. The van der Waals surface area contributed by atoms with E-state index in [1.807, 2.05) is 0 Å². The molecule has 0 fully saturated rings. The van der Waals surface area contributed by atoms with Gasteiger partial charge < -0.3 is 14.5 Å². The molecule has 0 aromatic heterocycles. The van der Waals surface area contributed by atoms with Crippen molar-refractivity contribution >= 4 is 17.8 Å². The minimum atomic E-state index is -0.788. The number of oxime groups is 1. The molecule has 2 rings (SSSR count). The van der Waals surface area contributed by atoms with Crippen molar-refractivity contribution in [2.75, 3.05) is 19.1 Å². The SMILES string of the molecule is CON=CC(=O)N(C)c1ccccc1COc1ccc(F)cc1F. The molecule has 126 valence electrons. The molecule has 0 bridgehead atoms. The van der Waals surface area contributed by atoms with E-state index in [4.69, 9.17) is 4.74 Å². The van der Waals surface area contributed by atoms with Gasteiger partial charge in [-0.3, -0.25) is 4.79 Å². The van der Waals surface area contributed by atoms with E-state index in [2.05, 4.69) is 9.99 Å². The standard InChI is InChI=1S/C17H16F2N2O3/c1-21(17(22)10-20-23-2)15-6-4-3-5-12(15)11-24-16-8-7-13(18)9-14(16)19/h3-10H,11H2,1-2H3. The molecule has 0 N–H and O–H groups in total. The highest BCUT2D eigenvalue weighted by molar-refractivity contribution is 6.32. The molecule has 2 aromatic rings. The third-order valence-electron chi connectivity index (χ3n) is 3.23. The Morgan fingerprint density at radius 2 is 2.00 bits per heavy atom. The molecule has 0 spiro atoms. The quantitative estimate of drug-likeness (QED) is 0.602. The summed E-state index contributed by atoms with van der Waals surface area (Å²) < 4.78 is 31.9. The van der Waals surface area contributed by atoms with Crippen LogP contribution >= 0.6 is 0 Å². The van der Waals surface area contributed by atoms with Crippen LogP contribution in [0.2, 0.25) is 0 Å². The van der Waals surface area contributed by atoms with Gasteiger partial charge in [0.1, 0.15) is 25.7 Å². The van der Waals surface area contributed by atoms with E-state index in [9.17, 15) is 13.6 Å². The van der Waals surface area contributed by atoms with Gasteiger partial charge in [0, 0.05) is 18.7 Å². The largest absolute Gasteiger partial charge is 0.486 e. The molecule has 0 unspecified atom stereocenters. The number of anilines is 1. The fourth-order valence-corrected chi connectivity index (χ4v) is 2.01. The van der Waals surface area contributed by atoms with Gasteiger partial charge in [0.2, 0.25) is 0 Å². The molecular weight excluding hydrogens is 318 g/mol. The van der Waals surface area contributed by atoms with Crippen molar-refractivity contribution in [2.45, 2.75) is 6.61 Å². The summed E-state index contributed by atoms with van der Waals surface area (Å²) in [7, 11) is 2.91. The van der Waals surface area contributed by atoms with Crippen molar-refractivity contribution in [3.63, 3.8) is 0 Å². The van der Waals surface area contributed by atoms with Gasteiger partial charge in [0.05, 0.1) is 5.69 Å². The first-order chi connectivity index (χ1) is 11.5. The molecule has 2 aromatic carbocycles. The van der Waals surface area contributed by atoms with Crippen LogP contribution in [0.1, 0.15) is 5.56 Å². The molecular formula is C17H16F2N2O3. The Morgan fingerprint density at radius 3 is 2.71 bits per heavy atom. The predicted octanol–water partition coefficient (Wildman–Crippen LogP) is 3.14. The number of para-hydroxylation sites is 1. The number of hydrogen-bond acceptors (Lipinski definition) is 4. The average molecular weight is 334 g/mol. The lowest BCUT2D eigenvalue weighted by Gasteiger charge is -2.19. The fraction of sp³-hybridized carbons (Fsp3) is 0.176. The number of hydrogen-bond donors (Lipinski definition) is 0. The van der Waals surface area contributed by atoms with Crippen LogP contribution in [-0.4, -0.2) is 26.3 Å². The lowest BCUT2D eigenvalue weighted by Crippen LogP contribution is -2.28. The fourth-order valence-electron chi connectivity index (χ4n) is 2.01. The van der Waals surface area contributed by atoms with E-state index in [1.165, 1.54) is 18.1 Å². The number of ether oxygens (including phenoxy) is 1. The Labute approximate surface area is 138 Å². The zero-order valence-corrected chi connectivity index (χ0v) is 13.2. The van der Waals surface area contributed by atoms with Gasteiger partial charge in [-0.2, -0.15) is 0 Å². The molecule has 0 aliphatic rings. The molecule has 1 amide bonds. The Kier molecular flexibility index (Phi) is 5.83. The number of halogens is 2. The van der Waals surface area contributed by atoms with Crippen LogP contribution < -0.4 is 9.64 Å². The van der Waals surface area contributed by atoms with Crippen LogP contribution in [-0.2, 0) is 16.2 Å². The molecule has 5 nitrogen and oxygen atoms in total. The Balaban J connectivity index is 2.16. The van der Waals surface area contributed by atoms with Crippen LogP contribution in [0.4, 0.5) is 14.5 Å². The number of rotatable bonds is 6. The van der Waals surface area contributed by atoms with Gasteiger partial charge in [-0.15, -0.1) is 0 Å². The van der Waals surface area contributed by atoms with Crippen molar-refractivity contribution in [1.82, 2.24) is 0 Å². The molecule has 0 heterocycles. The third kappa shape index (κ3) is 4.28. The van der Waals surface area contributed by atoms with Crippen molar-refractivity contribution in [3.8, 4) is 5.75 Å². The highest BCUT2D eigenvalue weighted by atomic mass is 19.1. The third-order valence-corrected chi connectivity index (χ3v) is 3.23. The van der Waals surface area contributed by atoms with E-state index >= 15 is 0 Å². The minimum absolute atomic E-state index is 0.0117. The van der Waals surface area contributed by atoms with Crippen LogP contribution in [0.3, 0.4) is 0 Å². The Morgan fingerprint density at radius 1 is 1.25 bits per heavy atom. The van der Waals surface area contributed by atoms with E-state index in [1.54, 1.807) is 31.3 Å². The number of nitrogens with zero attached hydrogens (tertiary/aromatic N) is 2. The van der Waals surface area contributed by atoms with Crippen LogP contribution in [0.25, 0.3) is 0 Å². The maximum atomic E-state index is 13.6. The number of carbonyl (C=O) groups is 1. The van der Waals surface area contributed by atoms with Gasteiger partial charge in [0.25, 0.3) is 5.91 Å². The van der Waals surface area contributed by atoms with E-state index in [0.29, 0.717) is 11.3 Å². The van der Waals surface area contributed by atoms with Crippen molar-refractivity contribution in [3.05, 3.63) is 59.7 Å². The van der Waals surface area contributed by atoms with Gasteiger partial charge in [-0.05, 0) is 18.2 Å². The highest BCUT2D eigenvalue weighted by Crippen LogP contribution is 2.23. The number of benzene rings is 2. The van der Waals surface area contributed by atoms with Crippen LogP contribution in [0.15, 0.2) is 47.6 Å². The predicted molar refractivity (Wildman–Crippen MR) is 86.0 cm³/mol. The second-order valence-corrected chi connectivity index (χ2v) is 4.81. The topological polar surface area (TPSA) is 51.1 Å². The highest BCUT2D eigenvalue weighted by Gasteiger charge is 2.14. The molecule has 0 atom stereocenters. The normalized spacial score (nSPS) is 10.7.